The minimum absolute atomic E-state index is 0.167. The lowest BCUT2D eigenvalue weighted by molar-refractivity contribution is 0.0693. The van der Waals surface area contributed by atoms with Gasteiger partial charge in [0.05, 0.1) is 20.3 Å². The number of hydrogen-bond acceptors (Lipinski definition) is 6. The van der Waals surface area contributed by atoms with Gasteiger partial charge < -0.3 is 29.2 Å². The number of hydrogen-bond donors (Lipinski definition) is 2. The van der Waals surface area contributed by atoms with E-state index in [1.807, 2.05) is 24.3 Å². The Morgan fingerprint density at radius 1 is 0.880 bits per heavy atom. The van der Waals surface area contributed by atoms with Crippen molar-refractivity contribution in [2.24, 2.45) is 0 Å². The topological polar surface area (TPSA) is 94.5 Å². The fourth-order valence-corrected chi connectivity index (χ4v) is 1.99. The third kappa shape index (κ3) is 5.89. The quantitative estimate of drug-likeness (QED) is 0.637. The number of aromatic hydroxyl groups is 1. The summed E-state index contributed by atoms with van der Waals surface area (Å²) in [6.45, 7) is 1.42. The van der Waals surface area contributed by atoms with Gasteiger partial charge in [-0.25, -0.2) is 4.79 Å². The zero-order chi connectivity index (χ0) is 18.1. The Labute approximate surface area is 145 Å². The number of aromatic carboxylic acids is 1. The van der Waals surface area contributed by atoms with Crippen molar-refractivity contribution in [2.75, 3.05) is 33.5 Å². The summed E-state index contributed by atoms with van der Waals surface area (Å²) in [7, 11) is 1.60. The molecule has 25 heavy (non-hydrogen) atoms. The number of phenols is 1. The van der Waals surface area contributed by atoms with Crippen LogP contribution in [0.5, 0.6) is 23.0 Å². The van der Waals surface area contributed by atoms with E-state index in [2.05, 4.69) is 0 Å². The molecule has 7 heteroatoms. The van der Waals surface area contributed by atoms with Crippen LogP contribution in [-0.2, 0) is 4.74 Å². The van der Waals surface area contributed by atoms with Crippen molar-refractivity contribution in [3.63, 3.8) is 0 Å². The van der Waals surface area contributed by atoms with E-state index in [0.717, 1.165) is 11.5 Å². The molecule has 0 saturated heterocycles. The minimum atomic E-state index is -1.19. The molecule has 0 spiro atoms. The molecule has 0 unspecified atom stereocenters. The molecule has 0 bridgehead atoms. The van der Waals surface area contributed by atoms with Crippen LogP contribution in [0.2, 0.25) is 0 Å². The molecule has 0 radical (unpaired) electrons. The number of rotatable bonds is 10. The van der Waals surface area contributed by atoms with Gasteiger partial charge in [0.25, 0.3) is 0 Å². The second-order valence-corrected chi connectivity index (χ2v) is 4.97. The number of carboxylic acids is 1. The fourth-order valence-electron chi connectivity index (χ4n) is 1.99. The summed E-state index contributed by atoms with van der Waals surface area (Å²) < 4.78 is 21.3. The molecule has 0 aliphatic heterocycles. The Hall–Kier alpha value is -2.93. The Morgan fingerprint density at radius 2 is 1.44 bits per heavy atom. The maximum atomic E-state index is 10.8. The molecule has 2 N–H and O–H groups in total. The van der Waals surface area contributed by atoms with Crippen LogP contribution in [0.25, 0.3) is 0 Å². The first-order valence-corrected chi connectivity index (χ1v) is 7.64. The molecule has 0 aliphatic carbocycles. The lowest BCUT2D eigenvalue weighted by Gasteiger charge is -2.09. The van der Waals surface area contributed by atoms with Crippen LogP contribution in [0.4, 0.5) is 0 Å². The van der Waals surface area contributed by atoms with Crippen molar-refractivity contribution in [3.05, 3.63) is 48.0 Å². The predicted octanol–water partition coefficient (Wildman–Crippen LogP) is 2.57. The first kappa shape index (κ1) is 18.4. The summed E-state index contributed by atoms with van der Waals surface area (Å²) >= 11 is 0. The van der Waals surface area contributed by atoms with Gasteiger partial charge in [0.2, 0.25) is 0 Å². The van der Waals surface area contributed by atoms with Crippen molar-refractivity contribution in [1.82, 2.24) is 0 Å². The summed E-state index contributed by atoms with van der Waals surface area (Å²) in [6.07, 6.45) is 0. The van der Waals surface area contributed by atoms with Gasteiger partial charge in [-0.3, -0.25) is 0 Å². The second kappa shape index (κ2) is 9.39. The van der Waals surface area contributed by atoms with E-state index in [-0.39, 0.29) is 17.9 Å². The lowest BCUT2D eigenvalue weighted by atomic mass is 10.2. The predicted molar refractivity (Wildman–Crippen MR) is 89.9 cm³/mol. The van der Waals surface area contributed by atoms with Crippen molar-refractivity contribution in [2.45, 2.75) is 0 Å². The monoisotopic (exact) mass is 348 g/mol. The molecule has 0 amide bonds. The molecule has 2 aromatic carbocycles. The van der Waals surface area contributed by atoms with Gasteiger partial charge >= 0.3 is 5.97 Å². The average Bonchev–Trinajstić information content (AvgIpc) is 2.61. The number of carboxylic acid groups (broad SMARTS) is 1. The van der Waals surface area contributed by atoms with Gasteiger partial charge in [0.1, 0.15) is 41.8 Å². The lowest BCUT2D eigenvalue weighted by Crippen LogP contribution is -2.12. The Morgan fingerprint density at radius 3 is 2.00 bits per heavy atom. The molecular weight excluding hydrogens is 328 g/mol. The zero-order valence-electron chi connectivity index (χ0n) is 13.8. The average molecular weight is 348 g/mol. The molecule has 0 heterocycles. The van der Waals surface area contributed by atoms with Crippen molar-refractivity contribution < 1.29 is 34.0 Å². The molecule has 0 saturated carbocycles. The van der Waals surface area contributed by atoms with E-state index < -0.39 is 5.97 Å². The van der Waals surface area contributed by atoms with E-state index in [9.17, 15) is 9.90 Å². The SMILES string of the molecule is COc1ccc(OCCOCCOc2ccc(C(=O)O)c(O)c2)cc1. The highest BCUT2D eigenvalue weighted by atomic mass is 16.5. The Balaban J connectivity index is 1.60. The number of methoxy groups -OCH3 is 1. The second-order valence-electron chi connectivity index (χ2n) is 4.97. The molecular formula is C18H20O7. The smallest absolute Gasteiger partial charge is 0.339 e. The van der Waals surface area contributed by atoms with Crippen LogP contribution < -0.4 is 14.2 Å². The van der Waals surface area contributed by atoms with Gasteiger partial charge in [-0.05, 0) is 36.4 Å². The number of ether oxygens (including phenoxy) is 4. The van der Waals surface area contributed by atoms with E-state index in [1.54, 1.807) is 7.11 Å². The first-order chi connectivity index (χ1) is 12.1. The highest BCUT2D eigenvalue weighted by Gasteiger charge is 2.09. The normalized spacial score (nSPS) is 10.3. The molecule has 2 rings (SSSR count). The van der Waals surface area contributed by atoms with Crippen LogP contribution in [0.3, 0.4) is 0 Å². The summed E-state index contributed by atoms with van der Waals surface area (Å²) in [4.78, 5) is 10.8. The molecule has 134 valence electrons. The van der Waals surface area contributed by atoms with Crippen molar-refractivity contribution >= 4 is 5.97 Å². The van der Waals surface area contributed by atoms with Crippen molar-refractivity contribution in [1.29, 1.82) is 0 Å². The zero-order valence-corrected chi connectivity index (χ0v) is 13.8. The first-order valence-electron chi connectivity index (χ1n) is 7.64. The Kier molecular flexibility index (Phi) is 6.91. The maximum absolute atomic E-state index is 10.8. The third-order valence-electron chi connectivity index (χ3n) is 3.25. The largest absolute Gasteiger partial charge is 0.507 e. The Bertz CT molecular complexity index is 682. The van der Waals surface area contributed by atoms with E-state index in [1.165, 1.54) is 18.2 Å². The van der Waals surface area contributed by atoms with E-state index in [4.69, 9.17) is 24.1 Å². The fraction of sp³-hybridized carbons (Fsp3) is 0.278. The molecule has 7 nitrogen and oxygen atoms in total. The summed E-state index contributed by atoms with van der Waals surface area (Å²) in [5, 5.41) is 18.4. The van der Waals surface area contributed by atoms with Crippen LogP contribution in [0.15, 0.2) is 42.5 Å². The third-order valence-corrected chi connectivity index (χ3v) is 3.25. The van der Waals surface area contributed by atoms with Gasteiger partial charge in [-0.2, -0.15) is 0 Å². The number of carbonyl (C=O) groups is 1. The summed E-state index contributed by atoms with van der Waals surface area (Å²) in [6, 6.07) is 11.3. The van der Waals surface area contributed by atoms with E-state index in [0.29, 0.717) is 25.6 Å². The van der Waals surface area contributed by atoms with Gasteiger partial charge in [0, 0.05) is 6.07 Å². The van der Waals surface area contributed by atoms with Gasteiger partial charge in [-0.1, -0.05) is 0 Å². The van der Waals surface area contributed by atoms with Crippen LogP contribution in [0, 0.1) is 0 Å². The summed E-state index contributed by atoms with van der Waals surface area (Å²) in [5.41, 5.74) is -0.167. The molecule has 0 aliphatic rings. The van der Waals surface area contributed by atoms with Crippen LogP contribution in [-0.4, -0.2) is 49.7 Å². The number of benzene rings is 2. The van der Waals surface area contributed by atoms with Crippen LogP contribution >= 0.6 is 0 Å². The minimum Gasteiger partial charge on any atom is -0.507 e. The van der Waals surface area contributed by atoms with E-state index >= 15 is 0 Å². The molecule has 0 aromatic heterocycles. The highest BCUT2D eigenvalue weighted by Crippen LogP contribution is 2.23. The van der Waals surface area contributed by atoms with Crippen LogP contribution in [0.1, 0.15) is 10.4 Å². The standard InChI is InChI=1S/C18H20O7/c1-22-13-2-4-14(5-3-13)24-10-8-23-9-11-25-15-6-7-16(18(20)21)17(19)12-15/h2-7,12,19H,8-11H2,1H3,(H,20,21). The van der Waals surface area contributed by atoms with Crippen molar-refractivity contribution in [3.8, 4) is 23.0 Å². The summed E-state index contributed by atoms with van der Waals surface area (Å²) in [5.74, 6) is 0.349. The highest BCUT2D eigenvalue weighted by molar-refractivity contribution is 5.90. The van der Waals surface area contributed by atoms with Gasteiger partial charge in [0.15, 0.2) is 0 Å². The van der Waals surface area contributed by atoms with Gasteiger partial charge in [-0.15, -0.1) is 0 Å². The molecule has 0 atom stereocenters. The molecule has 2 aromatic rings. The molecule has 0 fully saturated rings. The maximum Gasteiger partial charge on any atom is 0.339 e.